The SMILES string of the molecule is CC(Cl)CS(F)(F)(F)(F)F. The van der Waals surface area contributed by atoms with E-state index in [1.54, 1.807) is 0 Å². The minimum absolute atomic E-state index is 0.874. The third-order valence-corrected chi connectivity index (χ3v) is 2.01. The van der Waals surface area contributed by atoms with Crippen LogP contribution in [0.4, 0.5) is 19.4 Å². The van der Waals surface area contributed by atoms with Crippen LogP contribution in [0.15, 0.2) is 0 Å². The Balaban J connectivity index is 4.43. The molecule has 0 fully saturated rings. The summed E-state index contributed by atoms with van der Waals surface area (Å²) >= 11 is 4.77. The van der Waals surface area contributed by atoms with E-state index in [-0.39, 0.29) is 0 Å². The molecule has 7 heteroatoms. The van der Waals surface area contributed by atoms with Gasteiger partial charge in [0.1, 0.15) is 5.75 Å². The summed E-state index contributed by atoms with van der Waals surface area (Å²) in [5.41, 5.74) is 0. The van der Waals surface area contributed by atoms with Crippen LogP contribution in [0.2, 0.25) is 0 Å². The molecule has 0 aromatic carbocycles. The lowest BCUT2D eigenvalue weighted by Gasteiger charge is -2.41. The van der Waals surface area contributed by atoms with Crippen LogP contribution in [0.3, 0.4) is 0 Å². The summed E-state index contributed by atoms with van der Waals surface area (Å²) in [7, 11) is -9.23. The van der Waals surface area contributed by atoms with E-state index in [1.165, 1.54) is 0 Å². The van der Waals surface area contributed by atoms with Gasteiger partial charge in [-0.15, -0.1) is 11.6 Å². The molecule has 0 aromatic rings. The van der Waals surface area contributed by atoms with Crippen molar-refractivity contribution >= 4 is 21.8 Å². The molecule has 0 bridgehead atoms. The lowest BCUT2D eigenvalue weighted by molar-refractivity contribution is 0.364. The predicted molar refractivity (Wildman–Crippen MR) is 33.3 cm³/mol. The van der Waals surface area contributed by atoms with Crippen molar-refractivity contribution in [1.29, 1.82) is 0 Å². The second-order valence-electron chi connectivity index (χ2n) is 2.08. The van der Waals surface area contributed by atoms with Gasteiger partial charge in [-0.3, -0.25) is 0 Å². The first-order valence-corrected chi connectivity index (χ1v) is 4.82. The van der Waals surface area contributed by atoms with Crippen molar-refractivity contribution in [2.45, 2.75) is 12.3 Å². The van der Waals surface area contributed by atoms with E-state index in [2.05, 4.69) is 0 Å². The smallest absolute Gasteiger partial charge is 0.122 e. The molecule has 0 aliphatic rings. The molecular formula is C3H6ClF5S. The van der Waals surface area contributed by atoms with E-state index in [1.807, 2.05) is 0 Å². The molecule has 0 nitrogen and oxygen atoms in total. The third kappa shape index (κ3) is 8.29. The summed E-state index contributed by atoms with van der Waals surface area (Å²) in [5.74, 6) is -2.19. The predicted octanol–water partition coefficient (Wildman–Crippen LogP) is 3.91. The number of halogens is 6. The average molecular weight is 205 g/mol. The van der Waals surface area contributed by atoms with Gasteiger partial charge in [-0.2, -0.15) is 0 Å². The summed E-state index contributed by atoms with van der Waals surface area (Å²) in [4.78, 5) is 0. The van der Waals surface area contributed by atoms with Crippen molar-refractivity contribution in [2.75, 3.05) is 5.75 Å². The van der Waals surface area contributed by atoms with Crippen LogP contribution in [-0.4, -0.2) is 11.1 Å². The zero-order valence-electron chi connectivity index (χ0n) is 4.96. The average Bonchev–Trinajstić information content (AvgIpc) is 1.12. The van der Waals surface area contributed by atoms with E-state index in [0.717, 1.165) is 6.92 Å². The maximum atomic E-state index is 11.4. The Hall–Kier alpha value is 0.290. The van der Waals surface area contributed by atoms with Gasteiger partial charge in [0.15, 0.2) is 0 Å². The Bertz CT molecular complexity index is 131. The van der Waals surface area contributed by atoms with E-state index in [0.29, 0.717) is 0 Å². The van der Waals surface area contributed by atoms with Crippen LogP contribution in [0.1, 0.15) is 6.92 Å². The van der Waals surface area contributed by atoms with Crippen LogP contribution in [-0.2, 0) is 0 Å². The molecule has 0 aliphatic carbocycles. The standard InChI is InChI=1S/C3H6ClF5S/c1-3(4)2-10(5,6,7,8)9/h3H,2H2,1H3. The Morgan fingerprint density at radius 3 is 1.50 bits per heavy atom. The highest BCUT2D eigenvalue weighted by Gasteiger charge is 2.63. The van der Waals surface area contributed by atoms with Crippen LogP contribution in [0.5, 0.6) is 0 Å². The third-order valence-electron chi connectivity index (χ3n) is 0.545. The van der Waals surface area contributed by atoms with Crippen molar-refractivity contribution in [3.05, 3.63) is 0 Å². The topological polar surface area (TPSA) is 0 Å². The quantitative estimate of drug-likeness (QED) is 0.473. The van der Waals surface area contributed by atoms with Gasteiger partial charge in [-0.05, 0) is 6.92 Å². The maximum Gasteiger partial charge on any atom is 0.287 e. The molecule has 1 unspecified atom stereocenters. The lowest BCUT2D eigenvalue weighted by atomic mass is 10.6. The second-order valence-corrected chi connectivity index (χ2v) is 5.41. The van der Waals surface area contributed by atoms with Gasteiger partial charge in [0.25, 0.3) is 10.2 Å². The van der Waals surface area contributed by atoms with Crippen LogP contribution < -0.4 is 0 Å². The largest absolute Gasteiger partial charge is 0.287 e. The van der Waals surface area contributed by atoms with Crippen molar-refractivity contribution in [1.82, 2.24) is 0 Å². The molecule has 0 amide bonds. The monoisotopic (exact) mass is 204 g/mol. The molecule has 0 saturated carbocycles. The van der Waals surface area contributed by atoms with Gasteiger partial charge in [0.05, 0.1) is 0 Å². The second kappa shape index (κ2) is 1.72. The lowest BCUT2D eigenvalue weighted by Crippen LogP contribution is -2.17. The zero-order valence-corrected chi connectivity index (χ0v) is 6.53. The van der Waals surface area contributed by atoms with Crippen LogP contribution in [0.25, 0.3) is 0 Å². The van der Waals surface area contributed by atoms with Gasteiger partial charge >= 0.3 is 0 Å². The van der Waals surface area contributed by atoms with Gasteiger partial charge in [-0.25, -0.2) is 0 Å². The van der Waals surface area contributed by atoms with Gasteiger partial charge in [0, 0.05) is 5.38 Å². The summed E-state index contributed by atoms with van der Waals surface area (Å²) in [5, 5.41) is -1.57. The minimum Gasteiger partial charge on any atom is -0.122 e. The fraction of sp³-hybridized carbons (Fsp3) is 1.00. The van der Waals surface area contributed by atoms with Gasteiger partial charge < -0.3 is 0 Å². The van der Waals surface area contributed by atoms with E-state index < -0.39 is 21.4 Å². The van der Waals surface area contributed by atoms with Crippen LogP contribution >= 0.6 is 21.8 Å². The molecule has 0 heterocycles. The number of hydrogen-bond donors (Lipinski definition) is 0. The maximum absolute atomic E-state index is 11.4. The molecule has 0 rings (SSSR count). The van der Waals surface area contributed by atoms with Gasteiger partial charge in [-0.1, -0.05) is 19.4 Å². The van der Waals surface area contributed by atoms with Crippen molar-refractivity contribution in [3.63, 3.8) is 0 Å². The number of rotatable bonds is 2. The molecule has 0 spiro atoms. The molecule has 1 atom stereocenters. The van der Waals surface area contributed by atoms with E-state index in [4.69, 9.17) is 11.6 Å². The number of hydrogen-bond acceptors (Lipinski definition) is 0. The van der Waals surface area contributed by atoms with Crippen LogP contribution in [0, 0.1) is 0 Å². The Labute approximate surface area is 60.1 Å². The summed E-state index contributed by atoms with van der Waals surface area (Å²) < 4.78 is 56.9. The van der Waals surface area contributed by atoms with Crippen molar-refractivity contribution in [3.8, 4) is 0 Å². The fourth-order valence-corrected chi connectivity index (χ4v) is 2.02. The molecule has 0 aliphatic heterocycles. The highest BCUT2D eigenvalue weighted by molar-refractivity contribution is 8.45. The first kappa shape index (κ1) is 10.3. The summed E-state index contributed by atoms with van der Waals surface area (Å²) in [6.45, 7) is 0.874. The van der Waals surface area contributed by atoms with E-state index >= 15 is 0 Å². The highest BCUT2D eigenvalue weighted by atomic mass is 35.5. The minimum atomic E-state index is -9.23. The first-order chi connectivity index (χ1) is 3.89. The summed E-state index contributed by atoms with van der Waals surface area (Å²) in [6.07, 6.45) is 0. The Kier molecular flexibility index (Phi) is 1.77. The molecule has 0 radical (unpaired) electrons. The Morgan fingerprint density at radius 2 is 1.50 bits per heavy atom. The number of alkyl halides is 1. The molecule has 10 heavy (non-hydrogen) atoms. The molecule has 0 saturated heterocycles. The molecule has 0 N–H and O–H groups in total. The molecule has 0 aromatic heterocycles. The fourth-order valence-electron chi connectivity index (χ4n) is 0.434. The molecule has 66 valence electrons. The summed E-state index contributed by atoms with van der Waals surface area (Å²) in [6, 6.07) is 0. The van der Waals surface area contributed by atoms with E-state index in [9.17, 15) is 19.4 Å². The highest BCUT2D eigenvalue weighted by Crippen LogP contribution is 2.97. The van der Waals surface area contributed by atoms with Crippen molar-refractivity contribution in [2.24, 2.45) is 0 Å². The zero-order chi connectivity index (χ0) is 8.69. The normalized spacial score (nSPS) is 23.1. The van der Waals surface area contributed by atoms with Gasteiger partial charge in [0.2, 0.25) is 0 Å². The van der Waals surface area contributed by atoms with Crippen molar-refractivity contribution < 1.29 is 19.4 Å². The first-order valence-electron chi connectivity index (χ1n) is 2.26. The molecular weight excluding hydrogens is 199 g/mol. The Morgan fingerprint density at radius 1 is 1.20 bits per heavy atom.